The van der Waals surface area contributed by atoms with Gasteiger partial charge in [0.1, 0.15) is 6.04 Å². The summed E-state index contributed by atoms with van der Waals surface area (Å²) in [6.07, 6.45) is -0.371. The lowest BCUT2D eigenvalue weighted by atomic mass is 10.0. The molecular weight excluding hydrogens is 524 g/mol. The van der Waals surface area contributed by atoms with Gasteiger partial charge in [-0.1, -0.05) is 42.8 Å². The number of rotatable bonds is 10. The molecule has 0 fully saturated rings. The standard InChI is InChI=1S/C25H25ClN2O8S/c1-4-14-7-5-6-8-18(14)24(31)27-25(32)19(13-21(29)30)28-37(33,34)16-9-10-17-15(11-16)12-20(35-2)23(36-3)22(17)26/h5-12,19,28H,4,13H2,1-3H3,(H,29,30)(H,27,31,32)/t19-/m0/s1. The van der Waals surface area contributed by atoms with Crippen LogP contribution >= 0.6 is 11.6 Å². The number of halogens is 1. The molecule has 196 valence electrons. The average molecular weight is 549 g/mol. The molecule has 3 aromatic rings. The largest absolute Gasteiger partial charge is 0.493 e. The number of carbonyl (C=O) groups is 3. The number of amides is 2. The Labute approximate surface area is 218 Å². The number of carboxylic acids is 1. The number of carboxylic acid groups (broad SMARTS) is 1. The van der Waals surface area contributed by atoms with Crippen LogP contribution in [0.25, 0.3) is 10.8 Å². The van der Waals surface area contributed by atoms with Gasteiger partial charge in [-0.3, -0.25) is 19.7 Å². The third-order valence-electron chi connectivity index (χ3n) is 5.58. The van der Waals surface area contributed by atoms with Gasteiger partial charge in [0, 0.05) is 10.9 Å². The van der Waals surface area contributed by atoms with Gasteiger partial charge in [0.2, 0.25) is 15.9 Å². The quantitative estimate of drug-likeness (QED) is 0.350. The zero-order valence-corrected chi connectivity index (χ0v) is 21.8. The fourth-order valence-corrected chi connectivity index (χ4v) is 5.31. The Morgan fingerprint density at radius 1 is 1.05 bits per heavy atom. The third kappa shape index (κ3) is 6.19. The van der Waals surface area contributed by atoms with E-state index in [2.05, 4.69) is 10.0 Å². The summed E-state index contributed by atoms with van der Waals surface area (Å²) in [5.41, 5.74) is 0.899. The van der Waals surface area contributed by atoms with Crippen molar-refractivity contribution < 1.29 is 37.4 Å². The van der Waals surface area contributed by atoms with E-state index in [4.69, 9.17) is 21.1 Å². The van der Waals surface area contributed by atoms with Gasteiger partial charge in [-0.25, -0.2) is 8.42 Å². The van der Waals surface area contributed by atoms with E-state index in [1.165, 1.54) is 44.6 Å². The Morgan fingerprint density at radius 3 is 2.38 bits per heavy atom. The smallest absolute Gasteiger partial charge is 0.305 e. The normalized spacial score (nSPS) is 12.1. The molecule has 12 heteroatoms. The number of carbonyl (C=O) groups excluding carboxylic acids is 2. The van der Waals surface area contributed by atoms with Crippen molar-refractivity contribution in [1.29, 1.82) is 0 Å². The number of aryl methyl sites for hydroxylation is 1. The minimum atomic E-state index is -4.40. The maximum absolute atomic E-state index is 13.1. The van der Waals surface area contributed by atoms with Crippen LogP contribution < -0.4 is 19.5 Å². The summed E-state index contributed by atoms with van der Waals surface area (Å²) in [5, 5.41) is 12.5. The Kier molecular flexibility index (Phi) is 8.74. The van der Waals surface area contributed by atoms with Gasteiger partial charge < -0.3 is 14.6 Å². The number of methoxy groups -OCH3 is 2. The molecule has 0 aromatic heterocycles. The highest BCUT2D eigenvalue weighted by molar-refractivity contribution is 7.89. The summed E-state index contributed by atoms with van der Waals surface area (Å²) in [5.74, 6) is -2.75. The lowest BCUT2D eigenvalue weighted by Crippen LogP contribution is -2.49. The van der Waals surface area contributed by atoms with Crippen LogP contribution in [-0.4, -0.2) is 51.6 Å². The second kappa shape index (κ2) is 11.6. The number of hydrogen-bond donors (Lipinski definition) is 3. The molecule has 2 amide bonds. The van der Waals surface area contributed by atoms with Crippen molar-refractivity contribution in [2.75, 3.05) is 14.2 Å². The van der Waals surface area contributed by atoms with Crippen LogP contribution in [0.3, 0.4) is 0 Å². The molecule has 0 radical (unpaired) electrons. The van der Waals surface area contributed by atoms with Gasteiger partial charge in [-0.2, -0.15) is 4.72 Å². The maximum Gasteiger partial charge on any atom is 0.305 e. The van der Waals surface area contributed by atoms with Gasteiger partial charge in [0.25, 0.3) is 5.91 Å². The Balaban J connectivity index is 1.92. The number of imide groups is 1. The molecule has 0 heterocycles. The molecule has 0 saturated carbocycles. The van der Waals surface area contributed by atoms with Gasteiger partial charge in [-0.15, -0.1) is 0 Å². The van der Waals surface area contributed by atoms with E-state index in [1.807, 2.05) is 6.92 Å². The van der Waals surface area contributed by atoms with Crippen molar-refractivity contribution in [3.05, 3.63) is 64.7 Å². The van der Waals surface area contributed by atoms with Crippen LogP contribution in [0.15, 0.2) is 53.4 Å². The number of ether oxygens (including phenoxy) is 2. The molecule has 1 atom stereocenters. The molecular formula is C25H25ClN2O8S. The fraction of sp³-hybridized carbons (Fsp3) is 0.240. The molecule has 37 heavy (non-hydrogen) atoms. The predicted molar refractivity (Wildman–Crippen MR) is 137 cm³/mol. The zero-order valence-electron chi connectivity index (χ0n) is 20.2. The van der Waals surface area contributed by atoms with Gasteiger partial charge in [-0.05, 0) is 41.6 Å². The molecule has 0 unspecified atom stereocenters. The number of fused-ring (bicyclic) bond motifs is 1. The first kappa shape index (κ1) is 27.9. The van der Waals surface area contributed by atoms with Crippen LogP contribution in [0.4, 0.5) is 0 Å². The van der Waals surface area contributed by atoms with Gasteiger partial charge in [0.05, 0.1) is 30.6 Å². The van der Waals surface area contributed by atoms with E-state index < -0.39 is 40.3 Å². The SMILES string of the molecule is CCc1ccccc1C(=O)NC(=O)[C@H](CC(=O)O)NS(=O)(=O)c1ccc2c(Cl)c(OC)c(OC)cc2c1. The number of aliphatic carboxylic acids is 1. The van der Waals surface area contributed by atoms with E-state index in [-0.39, 0.29) is 27.0 Å². The zero-order chi connectivity index (χ0) is 27.3. The summed E-state index contributed by atoms with van der Waals surface area (Å²) in [6, 6.07) is 10.4. The maximum atomic E-state index is 13.1. The van der Waals surface area contributed by atoms with Crippen molar-refractivity contribution in [1.82, 2.24) is 10.0 Å². The van der Waals surface area contributed by atoms with Crippen LogP contribution in [0.1, 0.15) is 29.3 Å². The first-order valence-corrected chi connectivity index (χ1v) is 12.9. The average Bonchev–Trinajstić information content (AvgIpc) is 2.87. The molecule has 0 spiro atoms. The summed E-state index contributed by atoms with van der Waals surface area (Å²) < 4.78 is 38.9. The Hall–Kier alpha value is -3.67. The van der Waals surface area contributed by atoms with Crippen LogP contribution in [0.5, 0.6) is 11.5 Å². The Morgan fingerprint density at radius 2 is 1.76 bits per heavy atom. The van der Waals surface area contributed by atoms with Gasteiger partial charge in [0.15, 0.2) is 11.5 Å². The van der Waals surface area contributed by atoms with E-state index in [0.29, 0.717) is 22.8 Å². The molecule has 10 nitrogen and oxygen atoms in total. The van der Waals surface area contributed by atoms with E-state index in [1.54, 1.807) is 18.2 Å². The van der Waals surface area contributed by atoms with E-state index in [9.17, 15) is 27.9 Å². The Bertz CT molecular complexity index is 1470. The lowest BCUT2D eigenvalue weighted by molar-refractivity contribution is -0.139. The van der Waals surface area contributed by atoms with Crippen molar-refractivity contribution >= 4 is 50.2 Å². The fourth-order valence-electron chi connectivity index (χ4n) is 3.74. The highest BCUT2D eigenvalue weighted by Crippen LogP contribution is 2.41. The van der Waals surface area contributed by atoms with Gasteiger partial charge >= 0.3 is 5.97 Å². The predicted octanol–water partition coefficient (Wildman–Crippen LogP) is 3.15. The number of nitrogens with one attached hydrogen (secondary N) is 2. The second-order valence-corrected chi connectivity index (χ2v) is 10.0. The number of sulfonamides is 1. The summed E-state index contributed by atoms with van der Waals surface area (Å²) in [6.45, 7) is 1.83. The molecule has 3 rings (SSSR count). The van der Waals surface area contributed by atoms with Crippen LogP contribution in [-0.2, 0) is 26.0 Å². The lowest BCUT2D eigenvalue weighted by Gasteiger charge is -2.18. The molecule has 0 aliphatic carbocycles. The summed E-state index contributed by atoms with van der Waals surface area (Å²) in [4.78, 5) is 36.6. The summed E-state index contributed by atoms with van der Waals surface area (Å²) >= 11 is 6.38. The minimum absolute atomic E-state index is 0.211. The van der Waals surface area contributed by atoms with E-state index >= 15 is 0 Å². The third-order valence-corrected chi connectivity index (χ3v) is 7.42. The highest BCUT2D eigenvalue weighted by Gasteiger charge is 2.30. The molecule has 0 bridgehead atoms. The molecule has 0 aliphatic heterocycles. The molecule has 0 aliphatic rings. The first-order valence-electron chi connectivity index (χ1n) is 11.0. The summed E-state index contributed by atoms with van der Waals surface area (Å²) in [7, 11) is -1.59. The molecule has 3 aromatic carbocycles. The van der Waals surface area contributed by atoms with E-state index in [0.717, 1.165) is 0 Å². The first-order chi connectivity index (χ1) is 17.5. The monoisotopic (exact) mass is 548 g/mol. The van der Waals surface area contributed by atoms with Crippen LogP contribution in [0, 0.1) is 0 Å². The minimum Gasteiger partial charge on any atom is -0.493 e. The van der Waals surface area contributed by atoms with Crippen molar-refractivity contribution in [3.63, 3.8) is 0 Å². The van der Waals surface area contributed by atoms with Crippen molar-refractivity contribution in [2.45, 2.75) is 30.7 Å². The van der Waals surface area contributed by atoms with Crippen molar-refractivity contribution in [2.24, 2.45) is 0 Å². The molecule has 0 saturated heterocycles. The number of hydrogen-bond acceptors (Lipinski definition) is 7. The topological polar surface area (TPSA) is 148 Å². The number of benzene rings is 3. The van der Waals surface area contributed by atoms with Crippen molar-refractivity contribution in [3.8, 4) is 11.5 Å². The second-order valence-electron chi connectivity index (χ2n) is 7.91. The van der Waals surface area contributed by atoms with Crippen LogP contribution in [0.2, 0.25) is 5.02 Å². The molecule has 3 N–H and O–H groups in total. The highest BCUT2D eigenvalue weighted by atomic mass is 35.5.